The van der Waals surface area contributed by atoms with E-state index >= 15 is 0 Å². The maximum Gasteiger partial charge on any atom is 0.270 e. The number of nitro benzene ring substituents is 1. The van der Waals surface area contributed by atoms with Gasteiger partial charge in [-0.05, 0) is 64.7 Å². The molecule has 0 saturated carbocycles. The number of carbonyl (C=O) groups is 1. The van der Waals surface area contributed by atoms with Crippen molar-refractivity contribution in [2.24, 2.45) is 0 Å². The van der Waals surface area contributed by atoms with E-state index in [2.05, 4.69) is 28.8 Å². The van der Waals surface area contributed by atoms with Crippen molar-refractivity contribution in [3.63, 3.8) is 0 Å². The van der Waals surface area contributed by atoms with Crippen LogP contribution in [0.15, 0.2) is 72.8 Å². The van der Waals surface area contributed by atoms with Crippen LogP contribution in [0.3, 0.4) is 0 Å². The third kappa shape index (κ3) is 4.26. The van der Waals surface area contributed by atoms with Crippen LogP contribution in [0.1, 0.15) is 16.7 Å². The van der Waals surface area contributed by atoms with E-state index in [-0.39, 0.29) is 10.8 Å². The summed E-state index contributed by atoms with van der Waals surface area (Å²) in [6.07, 6.45) is 3.65. The summed E-state index contributed by atoms with van der Waals surface area (Å²) < 4.78 is 0. The Hall–Kier alpha value is -3.84. The normalized spacial score (nSPS) is 11.6. The summed E-state index contributed by atoms with van der Waals surface area (Å²) in [4.78, 5) is 22.5. The largest absolute Gasteiger partial charge is 0.332 e. The van der Waals surface area contributed by atoms with Gasteiger partial charge in [-0.15, -0.1) is 0 Å². The van der Waals surface area contributed by atoms with Crippen molar-refractivity contribution in [3.05, 3.63) is 99.6 Å². The summed E-state index contributed by atoms with van der Waals surface area (Å²) in [7, 11) is 0. The fourth-order valence-corrected chi connectivity index (χ4v) is 3.67. The molecular formula is C23H17N3O3S. The molecule has 0 heterocycles. The number of nitrogens with one attached hydrogen (secondary N) is 2. The van der Waals surface area contributed by atoms with Gasteiger partial charge in [-0.1, -0.05) is 42.5 Å². The van der Waals surface area contributed by atoms with Gasteiger partial charge >= 0.3 is 0 Å². The molecule has 0 unspecified atom stereocenters. The first-order valence-corrected chi connectivity index (χ1v) is 9.66. The number of benzene rings is 3. The highest BCUT2D eigenvalue weighted by molar-refractivity contribution is 7.80. The molecule has 6 nitrogen and oxygen atoms in total. The third-order valence-corrected chi connectivity index (χ3v) is 5.00. The molecule has 0 saturated heterocycles. The van der Waals surface area contributed by atoms with E-state index in [4.69, 9.17) is 12.2 Å². The van der Waals surface area contributed by atoms with Gasteiger partial charge in [0.1, 0.15) is 0 Å². The van der Waals surface area contributed by atoms with Crippen LogP contribution < -0.4 is 10.6 Å². The van der Waals surface area contributed by atoms with Crippen LogP contribution in [-0.2, 0) is 11.2 Å². The van der Waals surface area contributed by atoms with E-state index in [9.17, 15) is 14.9 Å². The minimum absolute atomic E-state index is 0.0338. The van der Waals surface area contributed by atoms with Crippen LogP contribution in [0.25, 0.3) is 17.2 Å². The van der Waals surface area contributed by atoms with Crippen molar-refractivity contribution in [1.82, 2.24) is 5.32 Å². The highest BCUT2D eigenvalue weighted by Gasteiger charge is 2.18. The summed E-state index contributed by atoms with van der Waals surface area (Å²) in [5.41, 5.74) is 6.29. The van der Waals surface area contributed by atoms with Gasteiger partial charge in [0.05, 0.1) is 4.92 Å². The topological polar surface area (TPSA) is 84.3 Å². The second-order valence-electron chi connectivity index (χ2n) is 6.83. The number of hydrogen-bond donors (Lipinski definition) is 2. The number of rotatable bonds is 4. The van der Waals surface area contributed by atoms with E-state index in [0.29, 0.717) is 5.56 Å². The molecule has 4 rings (SSSR count). The van der Waals surface area contributed by atoms with E-state index in [1.54, 1.807) is 12.1 Å². The molecule has 3 aromatic rings. The van der Waals surface area contributed by atoms with Gasteiger partial charge in [0, 0.05) is 23.9 Å². The smallest absolute Gasteiger partial charge is 0.270 e. The number of nitrogens with zero attached hydrogens (tertiary/aromatic N) is 1. The van der Waals surface area contributed by atoms with Gasteiger partial charge in [-0.2, -0.15) is 0 Å². The summed E-state index contributed by atoms with van der Waals surface area (Å²) in [5, 5.41) is 16.6. The Morgan fingerprint density at radius 2 is 1.80 bits per heavy atom. The first kappa shape index (κ1) is 19.5. The van der Waals surface area contributed by atoms with Crippen molar-refractivity contribution < 1.29 is 9.72 Å². The van der Waals surface area contributed by atoms with E-state index < -0.39 is 10.8 Å². The predicted molar refractivity (Wildman–Crippen MR) is 121 cm³/mol. The number of hydrogen-bond acceptors (Lipinski definition) is 4. The molecule has 0 aliphatic heterocycles. The number of non-ortho nitro benzene ring substituents is 1. The average molecular weight is 415 g/mol. The van der Waals surface area contributed by atoms with Crippen LogP contribution in [-0.4, -0.2) is 15.9 Å². The summed E-state index contributed by atoms with van der Waals surface area (Å²) in [6, 6.07) is 20.4. The zero-order valence-corrected chi connectivity index (χ0v) is 16.6. The van der Waals surface area contributed by atoms with Crippen LogP contribution >= 0.6 is 12.2 Å². The van der Waals surface area contributed by atoms with Gasteiger partial charge in [-0.3, -0.25) is 20.2 Å². The predicted octanol–water partition coefficient (Wildman–Crippen LogP) is 4.69. The number of fused-ring (bicyclic) bond motifs is 3. The zero-order valence-electron chi connectivity index (χ0n) is 15.8. The highest BCUT2D eigenvalue weighted by Crippen LogP contribution is 2.37. The van der Waals surface area contributed by atoms with Crippen molar-refractivity contribution in [3.8, 4) is 11.1 Å². The minimum Gasteiger partial charge on any atom is -0.332 e. The Kier molecular flexibility index (Phi) is 5.36. The second-order valence-corrected chi connectivity index (χ2v) is 7.24. The molecule has 7 heteroatoms. The summed E-state index contributed by atoms with van der Waals surface area (Å²) >= 11 is 5.23. The van der Waals surface area contributed by atoms with Crippen LogP contribution in [0.5, 0.6) is 0 Å². The molecule has 2 N–H and O–H groups in total. The maximum absolute atomic E-state index is 12.1. The standard InChI is InChI=1S/C23H17N3O3S/c27-22(11-8-15-4-3-6-19(12-15)26(28)29)25-23(30)24-18-9-10-21-17(14-18)13-16-5-1-2-7-20(16)21/h1-12,14H,13H2,(H2,24,25,27,30)/b11-8+. The molecule has 0 bridgehead atoms. The van der Waals surface area contributed by atoms with Gasteiger partial charge in [0.2, 0.25) is 5.91 Å². The van der Waals surface area contributed by atoms with E-state index in [1.165, 1.54) is 46.5 Å². The Morgan fingerprint density at radius 1 is 1.00 bits per heavy atom. The number of amides is 1. The average Bonchev–Trinajstić information content (AvgIpc) is 3.10. The number of carbonyl (C=O) groups excluding carboxylic acids is 1. The fourth-order valence-electron chi connectivity index (χ4n) is 3.45. The Morgan fingerprint density at radius 3 is 2.63 bits per heavy atom. The van der Waals surface area contributed by atoms with E-state index in [0.717, 1.165) is 12.1 Å². The molecule has 30 heavy (non-hydrogen) atoms. The van der Waals surface area contributed by atoms with Gasteiger partial charge < -0.3 is 5.32 Å². The van der Waals surface area contributed by atoms with Crippen LogP contribution in [0, 0.1) is 10.1 Å². The van der Waals surface area contributed by atoms with Gasteiger partial charge in [-0.25, -0.2) is 0 Å². The first-order valence-electron chi connectivity index (χ1n) is 9.25. The molecule has 0 radical (unpaired) electrons. The van der Waals surface area contributed by atoms with Crippen molar-refractivity contribution in [1.29, 1.82) is 0 Å². The molecule has 0 spiro atoms. The van der Waals surface area contributed by atoms with Gasteiger partial charge in [0.25, 0.3) is 5.69 Å². The van der Waals surface area contributed by atoms with Gasteiger partial charge in [0.15, 0.2) is 5.11 Å². The lowest BCUT2D eigenvalue weighted by Gasteiger charge is -2.10. The Labute approximate surface area is 178 Å². The van der Waals surface area contributed by atoms with Crippen molar-refractivity contribution >= 4 is 40.7 Å². The summed E-state index contributed by atoms with van der Waals surface area (Å²) in [5.74, 6) is -0.424. The SMILES string of the molecule is O=C(/C=C/c1cccc([N+](=O)[O-])c1)NC(=S)Nc1ccc2c(c1)Cc1ccccc1-2. The molecule has 148 valence electrons. The van der Waals surface area contributed by atoms with Crippen LogP contribution in [0.2, 0.25) is 0 Å². The van der Waals surface area contributed by atoms with Crippen molar-refractivity contribution in [2.45, 2.75) is 6.42 Å². The first-order chi connectivity index (χ1) is 14.5. The highest BCUT2D eigenvalue weighted by atomic mass is 32.1. The Balaban J connectivity index is 1.37. The number of nitro groups is 1. The lowest BCUT2D eigenvalue weighted by atomic mass is 10.1. The van der Waals surface area contributed by atoms with Crippen molar-refractivity contribution in [2.75, 3.05) is 5.32 Å². The van der Waals surface area contributed by atoms with E-state index in [1.807, 2.05) is 24.3 Å². The maximum atomic E-state index is 12.1. The minimum atomic E-state index is -0.481. The molecular weight excluding hydrogens is 398 g/mol. The monoisotopic (exact) mass is 415 g/mol. The zero-order chi connectivity index (χ0) is 21.1. The molecule has 1 aliphatic rings. The Bertz CT molecular complexity index is 1200. The lowest BCUT2D eigenvalue weighted by Crippen LogP contribution is -2.32. The molecule has 0 atom stereocenters. The molecule has 1 amide bonds. The van der Waals surface area contributed by atoms with Crippen LogP contribution in [0.4, 0.5) is 11.4 Å². The fraction of sp³-hybridized carbons (Fsp3) is 0.0435. The quantitative estimate of drug-likeness (QED) is 0.219. The molecule has 0 fully saturated rings. The summed E-state index contributed by atoms with van der Waals surface area (Å²) in [6.45, 7) is 0. The molecule has 3 aromatic carbocycles. The third-order valence-electron chi connectivity index (χ3n) is 4.80. The number of anilines is 1. The lowest BCUT2D eigenvalue weighted by molar-refractivity contribution is -0.384. The molecule has 1 aliphatic carbocycles. The second kappa shape index (κ2) is 8.26. The molecule has 0 aromatic heterocycles. The number of thiocarbonyl (C=S) groups is 1.